The third kappa shape index (κ3) is 4.01. The number of nitrogens with two attached hydrogens (primary N) is 1. The molecule has 0 radical (unpaired) electrons. The molecule has 1 aliphatic rings. The molecule has 2 aromatic carbocycles. The molecular formula is C23H21Cl2N7O. The van der Waals surface area contributed by atoms with Crippen LogP contribution in [0.3, 0.4) is 0 Å². The van der Waals surface area contributed by atoms with Gasteiger partial charge in [0, 0.05) is 25.0 Å². The molecule has 0 aliphatic carbocycles. The lowest BCUT2D eigenvalue weighted by atomic mass is 9.99. The van der Waals surface area contributed by atoms with Crippen LogP contribution in [0.5, 0.6) is 0 Å². The van der Waals surface area contributed by atoms with Crippen molar-refractivity contribution >= 4 is 51.7 Å². The van der Waals surface area contributed by atoms with E-state index in [1.54, 1.807) is 18.2 Å². The monoisotopic (exact) mass is 481 g/mol. The van der Waals surface area contributed by atoms with Crippen molar-refractivity contribution in [1.29, 1.82) is 0 Å². The van der Waals surface area contributed by atoms with Gasteiger partial charge in [-0.2, -0.15) is 9.97 Å². The van der Waals surface area contributed by atoms with E-state index in [4.69, 9.17) is 28.9 Å². The van der Waals surface area contributed by atoms with Crippen molar-refractivity contribution in [2.24, 2.45) is 0 Å². The highest BCUT2D eigenvalue weighted by molar-refractivity contribution is 6.37. The van der Waals surface area contributed by atoms with Gasteiger partial charge >= 0.3 is 5.69 Å². The number of likely N-dealkylation sites (N-methyl/N-ethyl adjacent to an activating group) is 1. The van der Waals surface area contributed by atoms with Gasteiger partial charge in [0.1, 0.15) is 5.82 Å². The van der Waals surface area contributed by atoms with Gasteiger partial charge in [0.15, 0.2) is 5.65 Å². The fourth-order valence-corrected chi connectivity index (χ4v) is 4.64. The van der Waals surface area contributed by atoms with Crippen LogP contribution < -0.4 is 16.7 Å². The minimum atomic E-state index is -0.631. The van der Waals surface area contributed by atoms with Crippen LogP contribution in [0.1, 0.15) is 18.1 Å². The van der Waals surface area contributed by atoms with Crippen molar-refractivity contribution in [3.8, 4) is 5.69 Å². The van der Waals surface area contributed by atoms with Crippen LogP contribution in [0.15, 0.2) is 47.4 Å². The third-order valence-corrected chi connectivity index (χ3v) is 6.45. The quantitative estimate of drug-likeness (QED) is 0.450. The number of hydrogen-bond donors (Lipinski definition) is 2. The van der Waals surface area contributed by atoms with Crippen molar-refractivity contribution in [2.75, 3.05) is 24.1 Å². The van der Waals surface area contributed by atoms with E-state index < -0.39 is 5.69 Å². The summed E-state index contributed by atoms with van der Waals surface area (Å²) in [5.74, 6) is 0.439. The predicted molar refractivity (Wildman–Crippen MR) is 132 cm³/mol. The number of fused-ring (bicyclic) bond motifs is 2. The molecule has 33 heavy (non-hydrogen) atoms. The molecule has 0 saturated carbocycles. The van der Waals surface area contributed by atoms with Gasteiger partial charge in [-0.25, -0.2) is 14.3 Å². The summed E-state index contributed by atoms with van der Waals surface area (Å²) in [7, 11) is 0. The van der Waals surface area contributed by atoms with E-state index in [1.165, 1.54) is 21.9 Å². The molecule has 0 atom stereocenters. The molecular weight excluding hydrogens is 461 g/mol. The Morgan fingerprint density at radius 1 is 1.12 bits per heavy atom. The molecule has 0 saturated heterocycles. The average Bonchev–Trinajstić information content (AvgIpc) is 2.80. The lowest BCUT2D eigenvalue weighted by Gasteiger charge is -2.27. The topological polar surface area (TPSA) is 102 Å². The van der Waals surface area contributed by atoms with Crippen LogP contribution in [0, 0.1) is 0 Å². The number of halogens is 2. The van der Waals surface area contributed by atoms with Gasteiger partial charge in [-0.1, -0.05) is 42.3 Å². The van der Waals surface area contributed by atoms with Crippen molar-refractivity contribution in [2.45, 2.75) is 19.9 Å². The molecule has 2 aromatic heterocycles. The molecule has 3 N–H and O–H groups in total. The maximum Gasteiger partial charge on any atom is 0.355 e. The van der Waals surface area contributed by atoms with Crippen LogP contribution in [0.2, 0.25) is 10.0 Å². The van der Waals surface area contributed by atoms with Crippen LogP contribution in [-0.2, 0) is 13.0 Å². The first-order chi connectivity index (χ1) is 15.9. The van der Waals surface area contributed by atoms with Crippen LogP contribution in [0.4, 0.5) is 17.5 Å². The Hall–Kier alpha value is -3.20. The van der Waals surface area contributed by atoms with Gasteiger partial charge in [-0.3, -0.25) is 4.90 Å². The summed E-state index contributed by atoms with van der Waals surface area (Å²) >= 11 is 12.5. The van der Waals surface area contributed by atoms with Crippen LogP contribution in [0.25, 0.3) is 16.7 Å². The second kappa shape index (κ2) is 8.62. The SMILES string of the molecule is CCN1CCc2cc(Nc3ncc4c(N)n(-c5c(Cl)cccc5Cl)c(=O)nc4n3)ccc2C1. The van der Waals surface area contributed by atoms with Gasteiger partial charge in [-0.15, -0.1) is 0 Å². The summed E-state index contributed by atoms with van der Waals surface area (Å²) in [4.78, 5) is 28.1. The maximum atomic E-state index is 12.8. The number of nitrogens with zero attached hydrogens (tertiary/aromatic N) is 5. The number of hydrogen-bond acceptors (Lipinski definition) is 7. The highest BCUT2D eigenvalue weighted by atomic mass is 35.5. The second-order valence-electron chi connectivity index (χ2n) is 7.84. The molecule has 0 bridgehead atoms. The smallest absolute Gasteiger partial charge is 0.355 e. The Balaban J connectivity index is 1.49. The zero-order chi connectivity index (χ0) is 23.1. The van der Waals surface area contributed by atoms with E-state index in [2.05, 4.69) is 44.2 Å². The van der Waals surface area contributed by atoms with Crippen molar-refractivity contribution < 1.29 is 0 Å². The number of anilines is 3. The third-order valence-electron chi connectivity index (χ3n) is 5.84. The first-order valence-electron chi connectivity index (χ1n) is 10.6. The molecule has 0 spiro atoms. The summed E-state index contributed by atoms with van der Waals surface area (Å²) in [5.41, 5.74) is 9.65. The predicted octanol–water partition coefficient (Wildman–Crippen LogP) is 4.19. The molecule has 3 heterocycles. The zero-order valence-electron chi connectivity index (χ0n) is 17.8. The first kappa shape index (κ1) is 21.6. The van der Waals surface area contributed by atoms with E-state index >= 15 is 0 Å². The van der Waals surface area contributed by atoms with Crippen molar-refractivity contribution in [3.05, 3.63) is 74.3 Å². The van der Waals surface area contributed by atoms with E-state index in [9.17, 15) is 4.79 Å². The normalized spacial score (nSPS) is 13.8. The fourth-order valence-electron chi connectivity index (χ4n) is 4.07. The van der Waals surface area contributed by atoms with Gasteiger partial charge in [0.2, 0.25) is 5.95 Å². The van der Waals surface area contributed by atoms with E-state index in [0.717, 1.165) is 31.7 Å². The maximum absolute atomic E-state index is 12.8. The molecule has 0 unspecified atom stereocenters. The Morgan fingerprint density at radius 2 is 1.91 bits per heavy atom. The summed E-state index contributed by atoms with van der Waals surface area (Å²) in [6.45, 7) is 5.23. The average molecular weight is 482 g/mol. The summed E-state index contributed by atoms with van der Waals surface area (Å²) < 4.78 is 1.17. The summed E-state index contributed by atoms with van der Waals surface area (Å²) in [6.07, 6.45) is 2.53. The number of benzene rings is 2. The van der Waals surface area contributed by atoms with Gasteiger partial charge < -0.3 is 11.1 Å². The first-order valence-corrected chi connectivity index (χ1v) is 11.3. The Bertz CT molecular complexity index is 1420. The summed E-state index contributed by atoms with van der Waals surface area (Å²) in [5, 5.41) is 4.19. The highest BCUT2D eigenvalue weighted by Gasteiger charge is 2.18. The molecule has 0 amide bonds. The molecule has 5 rings (SSSR count). The van der Waals surface area contributed by atoms with Gasteiger partial charge in [0.05, 0.1) is 21.1 Å². The van der Waals surface area contributed by atoms with Gasteiger partial charge in [-0.05, 0) is 48.4 Å². The molecule has 1 aliphatic heterocycles. The highest BCUT2D eigenvalue weighted by Crippen LogP contribution is 2.31. The standard InChI is InChI=1S/C23H21Cl2N7O/c1-2-31-9-8-13-10-15(7-6-14(13)12-31)28-22-27-11-16-20(26)32(23(33)30-21(16)29-22)19-17(24)4-3-5-18(19)25/h3-7,10-11H,2,8-9,12,26H2,1H3,(H,28,29,30,33). The zero-order valence-corrected chi connectivity index (χ0v) is 19.4. The lowest BCUT2D eigenvalue weighted by Crippen LogP contribution is -2.30. The number of para-hydroxylation sites is 1. The number of nitrogen functional groups attached to an aromatic ring is 1. The second-order valence-corrected chi connectivity index (χ2v) is 8.66. The minimum absolute atomic E-state index is 0.112. The largest absolute Gasteiger partial charge is 0.384 e. The van der Waals surface area contributed by atoms with Crippen LogP contribution in [-0.4, -0.2) is 37.5 Å². The van der Waals surface area contributed by atoms with E-state index in [1.807, 2.05) is 6.07 Å². The fraction of sp³-hybridized carbons (Fsp3) is 0.217. The van der Waals surface area contributed by atoms with Gasteiger partial charge in [0.25, 0.3) is 0 Å². The summed E-state index contributed by atoms with van der Waals surface area (Å²) in [6, 6.07) is 11.2. The molecule has 0 fully saturated rings. The number of nitrogens with one attached hydrogen (secondary N) is 1. The molecule has 4 aromatic rings. The van der Waals surface area contributed by atoms with Crippen molar-refractivity contribution in [3.63, 3.8) is 0 Å². The Labute approximate surface area is 200 Å². The lowest BCUT2D eigenvalue weighted by molar-refractivity contribution is 0.268. The number of aromatic nitrogens is 4. The Morgan fingerprint density at radius 3 is 2.67 bits per heavy atom. The molecule has 10 heteroatoms. The number of rotatable bonds is 4. The molecule has 8 nitrogen and oxygen atoms in total. The van der Waals surface area contributed by atoms with Crippen molar-refractivity contribution in [1.82, 2.24) is 24.4 Å². The Kier molecular flexibility index (Phi) is 5.65. The minimum Gasteiger partial charge on any atom is -0.384 e. The molecule has 168 valence electrons. The van der Waals surface area contributed by atoms with E-state index in [0.29, 0.717) is 11.3 Å². The van der Waals surface area contributed by atoms with Crippen LogP contribution >= 0.6 is 23.2 Å². The van der Waals surface area contributed by atoms with E-state index in [-0.39, 0.29) is 27.2 Å².